The van der Waals surface area contributed by atoms with Crippen LogP contribution >= 0.6 is 0 Å². The van der Waals surface area contributed by atoms with Crippen molar-refractivity contribution in [3.8, 4) is 0 Å². The number of esters is 3. The molecule has 0 amide bonds. The molecule has 6 atom stereocenters. The molecule has 12 nitrogen and oxygen atoms in total. The molecule has 0 aromatic heterocycles. The van der Waals surface area contributed by atoms with Crippen molar-refractivity contribution in [2.45, 2.75) is 302 Å². The van der Waals surface area contributed by atoms with Crippen LogP contribution in [-0.4, -0.2) is 89.2 Å². The maximum absolute atomic E-state index is 13.1. The predicted octanol–water partition coefficient (Wildman–Crippen LogP) is 15.0. The van der Waals surface area contributed by atoms with E-state index >= 15 is 0 Å². The van der Waals surface area contributed by atoms with Gasteiger partial charge in [0.1, 0.15) is 18.8 Å². The van der Waals surface area contributed by atoms with Gasteiger partial charge in [0.15, 0.2) is 24.6 Å². The summed E-state index contributed by atoms with van der Waals surface area (Å²) in [7, 11) is 0. The molecular formula is C61H106O12. The molecule has 0 aromatic carbocycles. The van der Waals surface area contributed by atoms with Crippen LogP contribution in [0.2, 0.25) is 0 Å². The molecule has 1 saturated heterocycles. The lowest BCUT2D eigenvalue weighted by molar-refractivity contribution is -0.301. The van der Waals surface area contributed by atoms with Crippen LogP contribution < -0.4 is 0 Å². The summed E-state index contributed by atoms with van der Waals surface area (Å²) in [6, 6.07) is 0. The number of ether oxygens (including phenoxy) is 5. The van der Waals surface area contributed by atoms with Crippen molar-refractivity contribution in [3.63, 3.8) is 0 Å². The van der Waals surface area contributed by atoms with E-state index in [0.29, 0.717) is 19.3 Å². The Balaban J connectivity index is 2.67. The van der Waals surface area contributed by atoms with E-state index in [0.717, 1.165) is 122 Å². The molecule has 1 fully saturated rings. The highest BCUT2D eigenvalue weighted by molar-refractivity contribution is 5.74. The SMILES string of the molecule is CC/C=C\C/C=C\C/C=C\CCCCCCCCCC(=O)OC1C(OCC(COC(=O)CCCCCCC/C=C\CCCCCCCC)OC(=O)CCCCCCCCCCCCC)OC(C(=O)O)C(O)C1O. The minimum Gasteiger partial charge on any atom is -0.479 e. The first kappa shape index (κ1) is 67.7. The molecule has 1 aliphatic rings. The Morgan fingerprint density at radius 1 is 0.466 bits per heavy atom. The van der Waals surface area contributed by atoms with Gasteiger partial charge in [-0.2, -0.15) is 0 Å². The third-order valence-corrected chi connectivity index (χ3v) is 13.4. The number of hydrogen-bond acceptors (Lipinski definition) is 11. The highest BCUT2D eigenvalue weighted by atomic mass is 16.7. The lowest BCUT2D eigenvalue weighted by atomic mass is 9.98. The van der Waals surface area contributed by atoms with Gasteiger partial charge in [-0.25, -0.2) is 4.79 Å². The number of carboxylic acid groups (broad SMARTS) is 1. The minimum absolute atomic E-state index is 0.0501. The monoisotopic (exact) mass is 1030 g/mol. The second-order valence-electron chi connectivity index (χ2n) is 20.3. The van der Waals surface area contributed by atoms with Crippen LogP contribution in [0, 0.1) is 0 Å². The number of carboxylic acids is 1. The number of hydrogen-bond donors (Lipinski definition) is 3. The van der Waals surface area contributed by atoms with Gasteiger partial charge in [-0.05, 0) is 77.0 Å². The highest BCUT2D eigenvalue weighted by Gasteiger charge is 2.50. The van der Waals surface area contributed by atoms with E-state index < -0.39 is 67.3 Å². The second-order valence-corrected chi connectivity index (χ2v) is 20.3. The minimum atomic E-state index is -1.91. The molecule has 1 aliphatic heterocycles. The zero-order valence-corrected chi connectivity index (χ0v) is 46.4. The highest BCUT2D eigenvalue weighted by Crippen LogP contribution is 2.26. The summed E-state index contributed by atoms with van der Waals surface area (Å²) in [6.45, 7) is 5.87. The van der Waals surface area contributed by atoms with E-state index in [4.69, 9.17) is 23.7 Å². The van der Waals surface area contributed by atoms with E-state index in [1.54, 1.807) is 0 Å². The van der Waals surface area contributed by atoms with Crippen LogP contribution in [0.25, 0.3) is 0 Å². The number of aliphatic hydroxyl groups excluding tert-OH is 2. The molecule has 0 bridgehead atoms. The fourth-order valence-electron chi connectivity index (χ4n) is 8.85. The molecule has 422 valence electrons. The molecule has 0 aliphatic carbocycles. The number of carbonyl (C=O) groups is 4. The molecule has 0 radical (unpaired) electrons. The van der Waals surface area contributed by atoms with E-state index in [-0.39, 0.29) is 25.9 Å². The van der Waals surface area contributed by atoms with Crippen LogP contribution in [0.3, 0.4) is 0 Å². The first-order chi connectivity index (χ1) is 35.6. The van der Waals surface area contributed by atoms with Gasteiger partial charge in [0.25, 0.3) is 0 Å². The molecule has 0 spiro atoms. The Labute approximate surface area is 443 Å². The normalized spacial score (nSPS) is 18.6. The fourth-order valence-corrected chi connectivity index (χ4v) is 8.85. The van der Waals surface area contributed by atoms with E-state index in [2.05, 4.69) is 69.4 Å². The van der Waals surface area contributed by atoms with Gasteiger partial charge in [-0.1, -0.05) is 217 Å². The summed E-state index contributed by atoms with van der Waals surface area (Å²) >= 11 is 0. The van der Waals surface area contributed by atoms with Crippen LogP contribution in [-0.2, 0) is 42.9 Å². The number of rotatable bonds is 50. The van der Waals surface area contributed by atoms with Crippen LogP contribution in [0.15, 0.2) is 48.6 Å². The maximum Gasteiger partial charge on any atom is 0.335 e. The smallest absolute Gasteiger partial charge is 0.335 e. The number of allylic oxidation sites excluding steroid dienone is 8. The Morgan fingerprint density at radius 2 is 0.863 bits per heavy atom. The fraction of sp³-hybridized carbons (Fsp3) is 0.803. The van der Waals surface area contributed by atoms with Crippen LogP contribution in [0.5, 0.6) is 0 Å². The van der Waals surface area contributed by atoms with Gasteiger partial charge >= 0.3 is 23.9 Å². The largest absolute Gasteiger partial charge is 0.479 e. The van der Waals surface area contributed by atoms with Crippen LogP contribution in [0.4, 0.5) is 0 Å². The van der Waals surface area contributed by atoms with Gasteiger partial charge in [0.05, 0.1) is 6.61 Å². The first-order valence-electron chi connectivity index (χ1n) is 29.6. The number of aliphatic hydroxyl groups is 2. The van der Waals surface area contributed by atoms with Crippen molar-refractivity contribution in [3.05, 3.63) is 48.6 Å². The molecule has 3 N–H and O–H groups in total. The summed E-state index contributed by atoms with van der Waals surface area (Å²) in [4.78, 5) is 51.1. The number of aliphatic carboxylic acids is 1. The van der Waals surface area contributed by atoms with E-state index in [1.807, 2.05) is 0 Å². The summed E-state index contributed by atoms with van der Waals surface area (Å²) < 4.78 is 28.4. The Hall–Kier alpha value is -3.32. The van der Waals surface area contributed by atoms with Gasteiger partial charge in [0, 0.05) is 19.3 Å². The molecule has 6 unspecified atom stereocenters. The Kier molecular flexibility index (Phi) is 45.9. The summed E-state index contributed by atoms with van der Waals surface area (Å²) in [5, 5.41) is 31.5. The van der Waals surface area contributed by atoms with Crippen molar-refractivity contribution in [2.75, 3.05) is 13.2 Å². The Morgan fingerprint density at radius 3 is 1.33 bits per heavy atom. The standard InChI is InChI=1S/C61H106O12/c1-4-7-10-13-16-19-22-24-26-27-29-31-34-37-40-43-46-49-55(64)72-59-57(66)56(65)58(60(67)68)73-61(59)70-51-52(71-54(63)48-45-42-39-36-32-21-18-15-12-9-6-3)50-69-53(62)47-44-41-38-35-33-30-28-25-23-20-17-14-11-8-5-2/h7,10,16,19,24-26,28,52,56-59,61,65-66H,4-6,8-9,11-15,17-18,20-23,27,29-51H2,1-3H3,(H,67,68)/b10-7-,19-16-,26-24-,28-25-. The maximum atomic E-state index is 13.1. The third-order valence-electron chi connectivity index (χ3n) is 13.4. The third kappa shape index (κ3) is 39.7. The lowest BCUT2D eigenvalue weighted by Gasteiger charge is -2.40. The zero-order chi connectivity index (χ0) is 53.3. The summed E-state index contributed by atoms with van der Waals surface area (Å²) in [5.41, 5.74) is 0. The Bertz CT molecular complexity index is 1460. The number of unbranched alkanes of at least 4 members (excludes halogenated alkanes) is 28. The summed E-state index contributed by atoms with van der Waals surface area (Å²) in [5.74, 6) is -3.13. The van der Waals surface area contributed by atoms with E-state index in [9.17, 15) is 34.5 Å². The molecule has 73 heavy (non-hydrogen) atoms. The average molecular weight is 1030 g/mol. The molecule has 0 aromatic rings. The van der Waals surface area contributed by atoms with Crippen molar-refractivity contribution in [1.29, 1.82) is 0 Å². The zero-order valence-electron chi connectivity index (χ0n) is 46.4. The molecule has 12 heteroatoms. The molecule has 1 rings (SSSR count). The summed E-state index contributed by atoms with van der Waals surface area (Å²) in [6.07, 6.45) is 46.5. The van der Waals surface area contributed by atoms with Gasteiger partial charge in [-0.15, -0.1) is 0 Å². The van der Waals surface area contributed by atoms with Crippen LogP contribution in [0.1, 0.15) is 265 Å². The van der Waals surface area contributed by atoms with Gasteiger partial charge in [0.2, 0.25) is 0 Å². The van der Waals surface area contributed by atoms with Gasteiger partial charge in [-0.3, -0.25) is 14.4 Å². The van der Waals surface area contributed by atoms with Gasteiger partial charge < -0.3 is 39.0 Å². The van der Waals surface area contributed by atoms with Crippen molar-refractivity contribution < 1.29 is 58.2 Å². The quantitative estimate of drug-likeness (QED) is 0.0228. The lowest BCUT2D eigenvalue weighted by Crippen LogP contribution is -2.61. The average Bonchev–Trinajstić information content (AvgIpc) is 3.37. The van der Waals surface area contributed by atoms with Crippen molar-refractivity contribution in [1.82, 2.24) is 0 Å². The number of carbonyl (C=O) groups excluding carboxylic acids is 3. The molecular weight excluding hydrogens is 925 g/mol. The molecule has 1 heterocycles. The van der Waals surface area contributed by atoms with E-state index in [1.165, 1.54) is 83.5 Å². The van der Waals surface area contributed by atoms with Crippen molar-refractivity contribution in [2.24, 2.45) is 0 Å². The van der Waals surface area contributed by atoms with Crippen molar-refractivity contribution >= 4 is 23.9 Å². The second kappa shape index (κ2) is 49.6. The first-order valence-corrected chi connectivity index (χ1v) is 29.6. The predicted molar refractivity (Wildman–Crippen MR) is 294 cm³/mol. The topological polar surface area (TPSA) is 175 Å². The molecule has 0 saturated carbocycles.